The van der Waals surface area contributed by atoms with Gasteiger partial charge in [-0.25, -0.2) is 15.0 Å². The van der Waals surface area contributed by atoms with Crippen LogP contribution in [0, 0.1) is 6.92 Å². The average Bonchev–Trinajstić information content (AvgIpc) is 3.34. The fourth-order valence-electron chi connectivity index (χ4n) is 5.29. The first-order chi connectivity index (χ1) is 16.4. The van der Waals surface area contributed by atoms with Crippen molar-refractivity contribution in [1.29, 1.82) is 0 Å². The number of carbonyl (C=O) groups is 1. The first kappa shape index (κ1) is 22.5. The Labute approximate surface area is 198 Å². The summed E-state index contributed by atoms with van der Waals surface area (Å²) in [5.74, 6) is 1.83. The van der Waals surface area contributed by atoms with Crippen LogP contribution in [0.25, 0.3) is 10.9 Å². The molecule has 4 heterocycles. The van der Waals surface area contributed by atoms with Crippen molar-refractivity contribution >= 4 is 34.1 Å². The lowest BCUT2D eigenvalue weighted by atomic mass is 10.0. The standard InChI is InChI=1S/C25H31N7O2/c1-15-14-31(9-8-26-15)23-13-28-22(12-29-23)30-21-10-20-19(11-27-21)16(2)24(17(3)33)25(34)32(20)18-6-4-5-7-18/h10-13,15,18,26H,4-9,14H2,1-3H3,(H,27,28,30)/t15-/m1/s1. The molecule has 0 spiro atoms. The Morgan fingerprint density at radius 2 is 1.88 bits per heavy atom. The maximum atomic E-state index is 13.4. The molecule has 0 amide bonds. The molecule has 1 saturated carbocycles. The summed E-state index contributed by atoms with van der Waals surface area (Å²) in [6, 6.07) is 2.41. The molecule has 9 heteroatoms. The Kier molecular flexibility index (Phi) is 6.03. The molecule has 0 aromatic carbocycles. The molecular weight excluding hydrogens is 430 g/mol. The van der Waals surface area contributed by atoms with Crippen LogP contribution >= 0.6 is 0 Å². The summed E-state index contributed by atoms with van der Waals surface area (Å²) in [4.78, 5) is 41.6. The number of Topliss-reactive ketones (excluding diaryl/α,β-unsaturated/α-hetero) is 1. The summed E-state index contributed by atoms with van der Waals surface area (Å²) >= 11 is 0. The molecule has 1 aliphatic carbocycles. The van der Waals surface area contributed by atoms with E-state index in [1.54, 1.807) is 18.6 Å². The zero-order chi connectivity index (χ0) is 23.8. The molecule has 9 nitrogen and oxygen atoms in total. The van der Waals surface area contributed by atoms with Crippen LogP contribution in [0.5, 0.6) is 0 Å². The Hall–Kier alpha value is -3.33. The van der Waals surface area contributed by atoms with Gasteiger partial charge in [0.1, 0.15) is 17.5 Å². The summed E-state index contributed by atoms with van der Waals surface area (Å²) in [5.41, 5.74) is 1.56. The van der Waals surface area contributed by atoms with Crippen molar-refractivity contribution in [1.82, 2.24) is 24.8 Å². The van der Waals surface area contributed by atoms with Crippen LogP contribution in [-0.4, -0.2) is 51.0 Å². The number of pyridine rings is 2. The van der Waals surface area contributed by atoms with Crippen molar-refractivity contribution in [2.45, 2.75) is 58.5 Å². The van der Waals surface area contributed by atoms with Crippen molar-refractivity contribution in [3.63, 3.8) is 0 Å². The largest absolute Gasteiger partial charge is 0.353 e. The summed E-state index contributed by atoms with van der Waals surface area (Å²) in [6.07, 6.45) is 9.29. The third-order valence-electron chi connectivity index (χ3n) is 6.98. The number of rotatable bonds is 5. The van der Waals surface area contributed by atoms with E-state index in [4.69, 9.17) is 0 Å². The van der Waals surface area contributed by atoms with E-state index < -0.39 is 0 Å². The van der Waals surface area contributed by atoms with Gasteiger partial charge in [-0.15, -0.1) is 0 Å². The molecule has 178 valence electrons. The predicted octanol–water partition coefficient (Wildman–Crippen LogP) is 3.35. The van der Waals surface area contributed by atoms with Crippen LogP contribution < -0.4 is 21.1 Å². The molecule has 3 aromatic rings. The van der Waals surface area contributed by atoms with Gasteiger partial charge in [0, 0.05) is 49.4 Å². The number of nitrogens with one attached hydrogen (secondary N) is 2. The van der Waals surface area contributed by atoms with E-state index in [2.05, 4.69) is 37.4 Å². The summed E-state index contributed by atoms with van der Waals surface area (Å²) < 4.78 is 1.82. The first-order valence-electron chi connectivity index (χ1n) is 12.1. The van der Waals surface area contributed by atoms with Gasteiger partial charge >= 0.3 is 0 Å². The maximum Gasteiger partial charge on any atom is 0.262 e. The highest BCUT2D eigenvalue weighted by molar-refractivity contribution is 6.00. The molecule has 34 heavy (non-hydrogen) atoms. The van der Waals surface area contributed by atoms with Crippen molar-refractivity contribution < 1.29 is 4.79 Å². The van der Waals surface area contributed by atoms with E-state index in [0.717, 1.165) is 62.0 Å². The summed E-state index contributed by atoms with van der Waals surface area (Å²) in [7, 11) is 0. The van der Waals surface area contributed by atoms with Gasteiger partial charge in [-0.1, -0.05) is 12.8 Å². The number of aryl methyl sites for hydroxylation is 1. The number of hydrogen-bond donors (Lipinski definition) is 2. The molecule has 1 saturated heterocycles. The molecule has 0 radical (unpaired) electrons. The highest BCUT2D eigenvalue weighted by Gasteiger charge is 2.25. The maximum absolute atomic E-state index is 13.4. The van der Waals surface area contributed by atoms with Crippen molar-refractivity contribution in [2.24, 2.45) is 0 Å². The fraction of sp³-hybridized carbons (Fsp3) is 0.480. The normalized spacial score (nSPS) is 19.0. The fourth-order valence-corrected chi connectivity index (χ4v) is 5.29. The third-order valence-corrected chi connectivity index (χ3v) is 6.98. The van der Waals surface area contributed by atoms with Gasteiger partial charge in [-0.2, -0.15) is 0 Å². The van der Waals surface area contributed by atoms with Gasteiger partial charge in [-0.3, -0.25) is 9.59 Å². The second-order valence-electron chi connectivity index (χ2n) is 9.44. The number of ketones is 1. The highest BCUT2D eigenvalue weighted by Crippen LogP contribution is 2.33. The Bertz CT molecular complexity index is 1280. The monoisotopic (exact) mass is 461 g/mol. The zero-order valence-electron chi connectivity index (χ0n) is 20.0. The van der Waals surface area contributed by atoms with Crippen molar-refractivity contribution in [3.8, 4) is 0 Å². The molecule has 1 atom stereocenters. The van der Waals surface area contributed by atoms with E-state index in [0.29, 0.717) is 23.2 Å². The van der Waals surface area contributed by atoms with E-state index in [-0.39, 0.29) is 22.9 Å². The number of nitrogens with zero attached hydrogens (tertiary/aromatic N) is 5. The number of piperazine rings is 1. The molecular formula is C25H31N7O2. The molecule has 5 rings (SSSR count). The minimum absolute atomic E-state index is 0.101. The average molecular weight is 462 g/mol. The van der Waals surface area contributed by atoms with Gasteiger partial charge in [0.2, 0.25) is 0 Å². The molecule has 0 bridgehead atoms. The van der Waals surface area contributed by atoms with Crippen LogP contribution in [0.1, 0.15) is 61.5 Å². The van der Waals surface area contributed by atoms with E-state index in [1.165, 1.54) is 6.92 Å². The van der Waals surface area contributed by atoms with Gasteiger partial charge in [0.05, 0.1) is 23.5 Å². The van der Waals surface area contributed by atoms with Gasteiger partial charge in [0.15, 0.2) is 5.78 Å². The van der Waals surface area contributed by atoms with Crippen LogP contribution in [0.2, 0.25) is 0 Å². The Morgan fingerprint density at radius 3 is 2.56 bits per heavy atom. The summed E-state index contributed by atoms with van der Waals surface area (Å²) in [5, 5.41) is 7.49. The molecule has 2 aliphatic rings. The van der Waals surface area contributed by atoms with E-state index in [9.17, 15) is 9.59 Å². The predicted molar refractivity (Wildman–Crippen MR) is 133 cm³/mol. The highest BCUT2D eigenvalue weighted by atomic mass is 16.1. The molecule has 3 aromatic heterocycles. The first-order valence-corrected chi connectivity index (χ1v) is 12.1. The number of aromatic nitrogens is 4. The minimum Gasteiger partial charge on any atom is -0.353 e. The smallest absolute Gasteiger partial charge is 0.262 e. The lowest BCUT2D eigenvalue weighted by Gasteiger charge is -2.32. The third kappa shape index (κ3) is 4.16. The van der Waals surface area contributed by atoms with Crippen LogP contribution in [0.3, 0.4) is 0 Å². The molecule has 2 fully saturated rings. The second kappa shape index (κ2) is 9.13. The number of fused-ring (bicyclic) bond motifs is 1. The zero-order valence-corrected chi connectivity index (χ0v) is 20.0. The molecule has 1 aliphatic heterocycles. The van der Waals surface area contributed by atoms with Crippen LogP contribution in [0.15, 0.2) is 29.5 Å². The van der Waals surface area contributed by atoms with E-state index >= 15 is 0 Å². The quantitative estimate of drug-likeness (QED) is 0.558. The Balaban J connectivity index is 1.49. The SMILES string of the molecule is CC(=O)c1c(C)c2cnc(Nc3cnc(N4CCN[C@H](C)C4)cn3)cc2n(C2CCCC2)c1=O. The minimum atomic E-state index is -0.201. The van der Waals surface area contributed by atoms with Crippen molar-refractivity contribution in [2.75, 3.05) is 29.9 Å². The topological polar surface area (TPSA) is 105 Å². The van der Waals surface area contributed by atoms with Crippen LogP contribution in [-0.2, 0) is 0 Å². The van der Waals surface area contributed by atoms with Gasteiger partial charge < -0.3 is 20.1 Å². The number of anilines is 3. The summed E-state index contributed by atoms with van der Waals surface area (Å²) in [6.45, 7) is 8.17. The number of carbonyl (C=O) groups excluding carboxylic acids is 1. The molecule has 0 unspecified atom stereocenters. The second-order valence-corrected chi connectivity index (χ2v) is 9.44. The molecule has 2 N–H and O–H groups in total. The van der Waals surface area contributed by atoms with Gasteiger partial charge in [-0.05, 0) is 39.2 Å². The lowest BCUT2D eigenvalue weighted by Crippen LogP contribution is -2.49. The van der Waals surface area contributed by atoms with Crippen molar-refractivity contribution in [3.05, 3.63) is 46.1 Å². The van der Waals surface area contributed by atoms with Crippen LogP contribution in [0.4, 0.5) is 17.5 Å². The number of hydrogen-bond acceptors (Lipinski definition) is 8. The van der Waals surface area contributed by atoms with E-state index in [1.807, 2.05) is 17.6 Å². The lowest BCUT2D eigenvalue weighted by molar-refractivity contribution is 0.101. The Morgan fingerprint density at radius 1 is 1.12 bits per heavy atom. The van der Waals surface area contributed by atoms with Gasteiger partial charge in [0.25, 0.3) is 5.56 Å².